The molecule has 0 fully saturated rings. The van der Waals surface area contributed by atoms with E-state index >= 15 is 0 Å². The van der Waals surface area contributed by atoms with Gasteiger partial charge < -0.3 is 4.98 Å². The summed E-state index contributed by atoms with van der Waals surface area (Å²) in [7, 11) is 0. The molecule has 0 radical (unpaired) electrons. The maximum atomic E-state index is 5.85. The van der Waals surface area contributed by atoms with E-state index in [1.807, 2.05) is 30.3 Å². The van der Waals surface area contributed by atoms with Gasteiger partial charge in [0.15, 0.2) is 0 Å². The van der Waals surface area contributed by atoms with Gasteiger partial charge in [-0.25, -0.2) is 4.98 Å². The highest BCUT2D eigenvalue weighted by Gasteiger charge is 2.03. The molecule has 3 rings (SSSR count). The number of pyridine rings is 1. The molecular formula is C13H9ClN2. The van der Waals surface area contributed by atoms with Crippen molar-refractivity contribution in [1.29, 1.82) is 0 Å². The molecule has 0 unspecified atom stereocenters. The maximum Gasteiger partial charge on any atom is 0.129 e. The molecule has 0 amide bonds. The summed E-state index contributed by atoms with van der Waals surface area (Å²) in [6.07, 6.45) is 0. The minimum absolute atomic E-state index is 0.520. The van der Waals surface area contributed by atoms with Crippen LogP contribution in [-0.2, 0) is 0 Å². The predicted molar refractivity (Wildman–Crippen MR) is 66.5 cm³/mol. The van der Waals surface area contributed by atoms with E-state index in [9.17, 15) is 0 Å². The number of H-pyrrole nitrogens is 1. The van der Waals surface area contributed by atoms with Crippen LogP contribution in [0.5, 0.6) is 0 Å². The van der Waals surface area contributed by atoms with Crippen LogP contribution < -0.4 is 0 Å². The van der Waals surface area contributed by atoms with Crippen LogP contribution in [0.4, 0.5) is 0 Å². The first kappa shape index (κ1) is 9.43. The van der Waals surface area contributed by atoms with E-state index in [0.717, 1.165) is 22.3 Å². The molecular weight excluding hydrogens is 220 g/mol. The van der Waals surface area contributed by atoms with Crippen LogP contribution in [0, 0.1) is 0 Å². The molecule has 0 spiro atoms. The van der Waals surface area contributed by atoms with Gasteiger partial charge in [0.2, 0.25) is 0 Å². The van der Waals surface area contributed by atoms with Crippen molar-refractivity contribution in [3.63, 3.8) is 0 Å². The molecule has 16 heavy (non-hydrogen) atoms. The highest BCUT2D eigenvalue weighted by molar-refractivity contribution is 6.29. The standard InChI is InChI=1S/C13H9ClN2/c14-13-7-6-10-12(16-13)8-11(15-10)9-4-2-1-3-5-9/h1-8,15H. The second-order valence-corrected chi connectivity index (χ2v) is 4.00. The van der Waals surface area contributed by atoms with Gasteiger partial charge in [0.05, 0.1) is 11.0 Å². The van der Waals surface area contributed by atoms with Gasteiger partial charge in [-0.15, -0.1) is 0 Å². The Hall–Kier alpha value is -1.80. The van der Waals surface area contributed by atoms with Crippen molar-refractivity contribution in [2.45, 2.75) is 0 Å². The van der Waals surface area contributed by atoms with Gasteiger partial charge in [-0.3, -0.25) is 0 Å². The second kappa shape index (κ2) is 3.65. The third kappa shape index (κ3) is 1.57. The normalized spacial score (nSPS) is 10.8. The zero-order valence-electron chi connectivity index (χ0n) is 8.44. The Morgan fingerprint density at radius 1 is 1.00 bits per heavy atom. The molecule has 0 saturated carbocycles. The first-order chi connectivity index (χ1) is 7.83. The van der Waals surface area contributed by atoms with E-state index in [4.69, 9.17) is 11.6 Å². The highest BCUT2D eigenvalue weighted by atomic mass is 35.5. The van der Waals surface area contributed by atoms with Gasteiger partial charge in [-0.1, -0.05) is 41.9 Å². The van der Waals surface area contributed by atoms with E-state index in [0.29, 0.717) is 5.15 Å². The first-order valence-corrected chi connectivity index (χ1v) is 5.41. The molecule has 0 saturated heterocycles. The fourth-order valence-electron chi connectivity index (χ4n) is 1.76. The predicted octanol–water partition coefficient (Wildman–Crippen LogP) is 3.88. The highest BCUT2D eigenvalue weighted by Crippen LogP contribution is 2.23. The average molecular weight is 229 g/mol. The lowest BCUT2D eigenvalue weighted by Gasteiger charge is -1.94. The number of aromatic amines is 1. The minimum Gasteiger partial charge on any atom is -0.353 e. The van der Waals surface area contributed by atoms with Gasteiger partial charge >= 0.3 is 0 Å². The lowest BCUT2D eigenvalue weighted by atomic mass is 10.2. The quantitative estimate of drug-likeness (QED) is 0.629. The fraction of sp³-hybridized carbons (Fsp3) is 0. The minimum atomic E-state index is 0.520. The molecule has 0 atom stereocenters. The van der Waals surface area contributed by atoms with E-state index in [1.165, 1.54) is 0 Å². The maximum absolute atomic E-state index is 5.85. The summed E-state index contributed by atoms with van der Waals surface area (Å²) >= 11 is 5.85. The summed E-state index contributed by atoms with van der Waals surface area (Å²) in [6, 6.07) is 15.9. The lowest BCUT2D eigenvalue weighted by molar-refractivity contribution is 1.40. The molecule has 2 nitrogen and oxygen atoms in total. The van der Waals surface area contributed by atoms with Crippen molar-refractivity contribution >= 4 is 22.6 Å². The first-order valence-electron chi connectivity index (χ1n) is 5.03. The molecule has 0 aliphatic carbocycles. The molecule has 2 heterocycles. The second-order valence-electron chi connectivity index (χ2n) is 3.62. The number of fused-ring (bicyclic) bond motifs is 1. The van der Waals surface area contributed by atoms with Crippen LogP contribution in [0.1, 0.15) is 0 Å². The molecule has 0 bridgehead atoms. The van der Waals surface area contributed by atoms with Crippen LogP contribution in [0.25, 0.3) is 22.3 Å². The summed E-state index contributed by atoms with van der Waals surface area (Å²) in [6.45, 7) is 0. The number of halogens is 1. The lowest BCUT2D eigenvalue weighted by Crippen LogP contribution is -1.75. The van der Waals surface area contributed by atoms with Gasteiger partial charge in [-0.2, -0.15) is 0 Å². The SMILES string of the molecule is Clc1ccc2[nH]c(-c3ccccc3)cc2n1. The van der Waals surface area contributed by atoms with E-state index in [1.54, 1.807) is 6.07 Å². The molecule has 1 aromatic carbocycles. The van der Waals surface area contributed by atoms with Crippen LogP contribution in [0.3, 0.4) is 0 Å². The van der Waals surface area contributed by atoms with Crippen LogP contribution >= 0.6 is 11.6 Å². The summed E-state index contributed by atoms with van der Waals surface area (Å²) in [5.41, 5.74) is 4.11. The molecule has 0 aliphatic rings. The Labute approximate surface area is 97.9 Å². The Morgan fingerprint density at radius 2 is 1.81 bits per heavy atom. The average Bonchev–Trinajstić information content (AvgIpc) is 2.73. The molecule has 78 valence electrons. The molecule has 3 heteroatoms. The van der Waals surface area contributed by atoms with Crippen molar-refractivity contribution in [2.75, 3.05) is 0 Å². The summed E-state index contributed by atoms with van der Waals surface area (Å²) in [4.78, 5) is 7.57. The summed E-state index contributed by atoms with van der Waals surface area (Å²) in [5, 5.41) is 0.520. The summed E-state index contributed by atoms with van der Waals surface area (Å²) < 4.78 is 0. The monoisotopic (exact) mass is 228 g/mol. The number of aromatic nitrogens is 2. The van der Waals surface area contributed by atoms with E-state index < -0.39 is 0 Å². The summed E-state index contributed by atoms with van der Waals surface area (Å²) in [5.74, 6) is 0. The number of rotatable bonds is 1. The third-order valence-corrected chi connectivity index (χ3v) is 2.74. The van der Waals surface area contributed by atoms with E-state index in [-0.39, 0.29) is 0 Å². The van der Waals surface area contributed by atoms with Crippen LogP contribution in [0.2, 0.25) is 5.15 Å². The number of nitrogens with zero attached hydrogens (tertiary/aromatic N) is 1. The number of benzene rings is 1. The molecule has 0 aliphatic heterocycles. The van der Waals surface area contributed by atoms with Crippen molar-refractivity contribution in [1.82, 2.24) is 9.97 Å². The topological polar surface area (TPSA) is 28.7 Å². The Kier molecular flexibility index (Phi) is 2.15. The van der Waals surface area contributed by atoms with Crippen LogP contribution in [0.15, 0.2) is 48.5 Å². The third-order valence-electron chi connectivity index (χ3n) is 2.53. The largest absolute Gasteiger partial charge is 0.353 e. The van der Waals surface area contributed by atoms with Crippen molar-refractivity contribution in [3.05, 3.63) is 53.7 Å². The number of nitrogens with one attached hydrogen (secondary N) is 1. The molecule has 3 aromatic rings. The fourth-order valence-corrected chi connectivity index (χ4v) is 1.91. The van der Waals surface area contributed by atoms with Crippen LogP contribution in [-0.4, -0.2) is 9.97 Å². The van der Waals surface area contributed by atoms with Gasteiger partial charge in [0.25, 0.3) is 0 Å². The van der Waals surface area contributed by atoms with Crippen molar-refractivity contribution in [2.24, 2.45) is 0 Å². The smallest absolute Gasteiger partial charge is 0.129 e. The zero-order chi connectivity index (χ0) is 11.0. The molecule has 2 aromatic heterocycles. The number of hydrogen-bond donors (Lipinski definition) is 1. The Morgan fingerprint density at radius 3 is 2.62 bits per heavy atom. The van der Waals surface area contributed by atoms with Gasteiger partial charge in [0.1, 0.15) is 5.15 Å². The van der Waals surface area contributed by atoms with Crippen molar-refractivity contribution in [3.8, 4) is 11.3 Å². The van der Waals surface area contributed by atoms with Gasteiger partial charge in [0, 0.05) is 5.69 Å². The van der Waals surface area contributed by atoms with E-state index in [2.05, 4.69) is 22.1 Å². The van der Waals surface area contributed by atoms with Crippen molar-refractivity contribution < 1.29 is 0 Å². The Balaban J connectivity index is 2.19. The zero-order valence-corrected chi connectivity index (χ0v) is 9.20. The molecule has 1 N–H and O–H groups in total. The Bertz CT molecular complexity index is 629. The number of hydrogen-bond acceptors (Lipinski definition) is 1. The van der Waals surface area contributed by atoms with Gasteiger partial charge in [-0.05, 0) is 23.8 Å².